The average Bonchev–Trinajstić information content (AvgIpc) is 2.16. The maximum atomic E-state index is 11.8. The van der Waals surface area contributed by atoms with Crippen molar-refractivity contribution in [2.24, 2.45) is 0 Å². The van der Waals surface area contributed by atoms with Gasteiger partial charge in [-0.1, -0.05) is 0 Å². The molecule has 0 aliphatic heterocycles. The van der Waals surface area contributed by atoms with Gasteiger partial charge in [0.15, 0.2) is 5.03 Å². The number of hydrogen-bond donors (Lipinski definition) is 0. The Hall–Kier alpha value is -0.0600. The number of hydrogen-bond acceptors (Lipinski definition) is 5. The average molecular weight is 439 g/mol. The maximum Gasteiger partial charge on any atom is 0.287 e. The van der Waals surface area contributed by atoms with Crippen molar-refractivity contribution in [3.8, 4) is 0 Å². The van der Waals surface area contributed by atoms with E-state index in [4.69, 9.17) is 0 Å². The highest BCUT2D eigenvalue weighted by Gasteiger charge is 2.38. The van der Waals surface area contributed by atoms with Gasteiger partial charge in [0.2, 0.25) is 11.3 Å². The van der Waals surface area contributed by atoms with Crippen LogP contribution in [-0.4, -0.2) is 19.8 Å². The summed E-state index contributed by atoms with van der Waals surface area (Å²) < 4.78 is 22.0. The van der Waals surface area contributed by atoms with Crippen molar-refractivity contribution in [3.63, 3.8) is 0 Å². The minimum atomic E-state index is -3.80. The highest BCUT2D eigenvalue weighted by molar-refractivity contribution is 9.42. The second-order valence-electron chi connectivity index (χ2n) is 2.56. The third-order valence-electron chi connectivity index (χ3n) is 1.51. The molecular weight excluding hydrogens is 436 g/mol. The number of rotatable bonds is 2. The van der Waals surface area contributed by atoms with Gasteiger partial charge in [-0.15, -0.1) is 0 Å². The zero-order chi connectivity index (χ0) is 12.6. The largest absolute Gasteiger partial charge is 0.287 e. The van der Waals surface area contributed by atoms with Crippen molar-refractivity contribution < 1.29 is 13.3 Å². The third-order valence-corrected chi connectivity index (χ3v) is 6.75. The van der Waals surface area contributed by atoms with E-state index in [1.165, 1.54) is 0 Å². The smallest absolute Gasteiger partial charge is 0.258 e. The second kappa shape index (κ2) is 4.67. The Kier molecular flexibility index (Phi) is 4.08. The molecule has 0 bridgehead atoms. The number of nitrogens with zero attached hydrogens (tertiary/aromatic N) is 2. The maximum absolute atomic E-state index is 11.8. The van der Waals surface area contributed by atoms with Crippen molar-refractivity contribution in [2.75, 3.05) is 0 Å². The van der Waals surface area contributed by atoms with Crippen LogP contribution in [0, 0.1) is 10.1 Å². The molecule has 1 aromatic heterocycles. The van der Waals surface area contributed by atoms with Crippen LogP contribution in [0.4, 0.5) is 5.69 Å². The molecule has 0 atom stereocenters. The van der Waals surface area contributed by atoms with Crippen molar-refractivity contribution in [2.45, 2.75) is 6.50 Å². The quantitative estimate of drug-likeness (QED) is 0.402. The number of halogens is 3. The topological polar surface area (TPSA) is 90.2 Å². The molecule has 1 heterocycles. The van der Waals surface area contributed by atoms with E-state index in [0.717, 1.165) is 18.3 Å². The zero-order valence-electron chi connectivity index (χ0n) is 7.30. The normalized spacial score (nSPS) is 12.4. The van der Waals surface area contributed by atoms with Crippen molar-refractivity contribution >= 4 is 63.3 Å². The van der Waals surface area contributed by atoms with E-state index in [9.17, 15) is 18.5 Å². The van der Waals surface area contributed by atoms with Gasteiger partial charge < -0.3 is 0 Å². The van der Waals surface area contributed by atoms with Crippen LogP contribution in [-0.2, 0) is 9.84 Å². The second-order valence-corrected chi connectivity index (χ2v) is 12.9. The molecule has 6 nitrogen and oxygen atoms in total. The number of sulfone groups is 1. The van der Waals surface area contributed by atoms with Crippen LogP contribution < -0.4 is 0 Å². The molecule has 0 saturated heterocycles. The van der Waals surface area contributed by atoms with Gasteiger partial charge in [-0.05, 0) is 53.9 Å². The highest BCUT2D eigenvalue weighted by Crippen LogP contribution is 2.42. The lowest BCUT2D eigenvalue weighted by Crippen LogP contribution is -2.19. The highest BCUT2D eigenvalue weighted by atomic mass is 80.0. The molecule has 1 aromatic rings. The van der Waals surface area contributed by atoms with Crippen LogP contribution >= 0.6 is 47.8 Å². The monoisotopic (exact) mass is 436 g/mol. The van der Waals surface area contributed by atoms with Gasteiger partial charge in [-0.3, -0.25) is 10.1 Å². The fourth-order valence-electron chi connectivity index (χ4n) is 0.758. The lowest BCUT2D eigenvalue weighted by atomic mass is 10.4. The summed E-state index contributed by atoms with van der Waals surface area (Å²) in [6.45, 7) is 0. The molecule has 0 aliphatic rings. The Morgan fingerprint density at radius 2 is 1.88 bits per heavy atom. The van der Waals surface area contributed by atoms with E-state index in [2.05, 4.69) is 52.8 Å². The van der Waals surface area contributed by atoms with Gasteiger partial charge in [0, 0.05) is 6.07 Å². The Morgan fingerprint density at radius 3 is 2.19 bits per heavy atom. The SMILES string of the molecule is O=[N+]([O-])c1ccc(S(=O)(=O)C(Br)(Br)Br)nc1. The van der Waals surface area contributed by atoms with E-state index in [1.54, 1.807) is 0 Å². The summed E-state index contributed by atoms with van der Waals surface area (Å²) in [5.74, 6) is 0. The summed E-state index contributed by atoms with van der Waals surface area (Å²) in [6, 6.07) is 2.13. The van der Waals surface area contributed by atoms with E-state index in [0.29, 0.717) is 0 Å². The van der Waals surface area contributed by atoms with Crippen LogP contribution in [0.3, 0.4) is 0 Å². The van der Waals surface area contributed by atoms with E-state index < -0.39 is 16.2 Å². The molecule has 1 rings (SSSR count). The van der Waals surface area contributed by atoms with Crippen LogP contribution in [0.2, 0.25) is 0 Å². The van der Waals surface area contributed by atoms with Gasteiger partial charge in [-0.2, -0.15) is 0 Å². The van der Waals surface area contributed by atoms with Crippen molar-refractivity contribution in [1.29, 1.82) is 0 Å². The first-order valence-corrected chi connectivity index (χ1v) is 7.44. The number of aromatic nitrogens is 1. The molecule has 0 fully saturated rings. The fraction of sp³-hybridized carbons (Fsp3) is 0.167. The predicted octanol–water partition coefficient (Wildman–Crippen LogP) is 2.56. The molecule has 0 radical (unpaired) electrons. The fourth-order valence-corrected chi connectivity index (χ4v) is 2.93. The number of alkyl halides is 3. The Morgan fingerprint density at radius 1 is 1.31 bits per heavy atom. The summed E-state index contributed by atoms with van der Waals surface area (Å²) in [7, 11) is -3.80. The van der Waals surface area contributed by atoms with E-state index in [1.807, 2.05) is 0 Å². The molecule has 0 N–H and O–H groups in total. The van der Waals surface area contributed by atoms with Gasteiger partial charge in [0.05, 0.1) is 4.92 Å². The first kappa shape index (κ1) is 14.0. The van der Waals surface area contributed by atoms with Gasteiger partial charge in [0.1, 0.15) is 6.20 Å². The summed E-state index contributed by atoms with van der Waals surface area (Å²) >= 11 is 8.57. The predicted molar refractivity (Wildman–Crippen MR) is 67.6 cm³/mol. The number of pyridine rings is 1. The van der Waals surface area contributed by atoms with E-state index >= 15 is 0 Å². The lowest BCUT2D eigenvalue weighted by molar-refractivity contribution is -0.385. The zero-order valence-corrected chi connectivity index (χ0v) is 12.9. The molecule has 0 saturated carbocycles. The third kappa shape index (κ3) is 2.79. The molecular formula is C6H3Br3N2O4S. The van der Waals surface area contributed by atoms with Gasteiger partial charge >= 0.3 is 0 Å². The first-order valence-electron chi connectivity index (χ1n) is 3.58. The van der Waals surface area contributed by atoms with Crippen molar-refractivity contribution in [3.05, 3.63) is 28.4 Å². The van der Waals surface area contributed by atoms with Crippen molar-refractivity contribution in [1.82, 2.24) is 4.98 Å². The van der Waals surface area contributed by atoms with Crippen LogP contribution in [0.25, 0.3) is 0 Å². The van der Waals surface area contributed by atoms with Gasteiger partial charge in [-0.25, -0.2) is 13.4 Å². The molecule has 10 heteroatoms. The molecule has 0 aromatic carbocycles. The summed E-state index contributed by atoms with van der Waals surface area (Å²) in [4.78, 5) is 13.2. The lowest BCUT2D eigenvalue weighted by Gasteiger charge is -2.11. The first-order chi connectivity index (χ1) is 7.16. The minimum absolute atomic E-state index is 0.275. The molecule has 0 amide bonds. The standard InChI is InChI=1S/C6H3Br3N2O4S/c7-6(8,9)16(14,15)5-2-1-4(3-10-5)11(12)13/h1-3H. The summed E-state index contributed by atoms with van der Waals surface area (Å²) in [5, 5.41) is 10.1. The van der Waals surface area contributed by atoms with Crippen LogP contribution in [0.5, 0.6) is 0 Å². The Labute approximate surface area is 116 Å². The Balaban J connectivity index is 3.23. The molecule has 0 unspecified atom stereocenters. The van der Waals surface area contributed by atoms with Crippen LogP contribution in [0.15, 0.2) is 23.4 Å². The molecule has 0 spiro atoms. The molecule has 16 heavy (non-hydrogen) atoms. The molecule has 0 aliphatic carbocycles. The summed E-state index contributed by atoms with van der Waals surface area (Å²) in [5.41, 5.74) is -0.275. The molecule has 88 valence electrons. The van der Waals surface area contributed by atoms with Gasteiger partial charge in [0.25, 0.3) is 5.69 Å². The minimum Gasteiger partial charge on any atom is -0.258 e. The van der Waals surface area contributed by atoms with Crippen LogP contribution in [0.1, 0.15) is 0 Å². The van der Waals surface area contributed by atoms with E-state index in [-0.39, 0.29) is 10.7 Å². The number of nitro groups is 1. The summed E-state index contributed by atoms with van der Waals surface area (Å²) in [6.07, 6.45) is 0.881. The Bertz CT molecular complexity index is 508.